The van der Waals surface area contributed by atoms with E-state index >= 15 is 0 Å². The molecule has 0 aromatic heterocycles. The first-order valence-corrected chi connectivity index (χ1v) is 43.1. The lowest BCUT2D eigenvalue weighted by Gasteiger charge is -2.26. The average molecular weight is 1390 g/mol. The monoisotopic (exact) mass is 1390 g/mol. The highest BCUT2D eigenvalue weighted by Gasteiger charge is 2.22. The number of rotatable bonds is 81. The van der Waals surface area contributed by atoms with Gasteiger partial charge in [0.2, 0.25) is 0 Å². The molecule has 99 heavy (non-hydrogen) atoms. The molecule has 0 heterocycles. The summed E-state index contributed by atoms with van der Waals surface area (Å²) in [5, 5.41) is 11.9. The van der Waals surface area contributed by atoms with Gasteiger partial charge in [-0.3, -0.25) is 9.59 Å². The van der Waals surface area contributed by atoms with Crippen molar-refractivity contribution in [1.29, 1.82) is 0 Å². The number of carbonyl (C=O) groups excluding carboxylic acids is 3. The molecule has 0 aromatic rings. The number of ether oxygens (including phenoxy) is 4. The Bertz CT molecular complexity index is 1860. The predicted octanol–water partition coefficient (Wildman–Crippen LogP) is 26.6. The van der Waals surface area contributed by atoms with E-state index in [1.807, 2.05) is 21.1 Å². The summed E-state index contributed by atoms with van der Waals surface area (Å²) in [7, 11) is 5.95. The lowest BCUT2D eigenvalue weighted by molar-refractivity contribution is -0.870. The van der Waals surface area contributed by atoms with Crippen molar-refractivity contribution >= 4 is 17.9 Å². The molecule has 0 fully saturated rings. The van der Waals surface area contributed by atoms with Crippen LogP contribution < -0.4 is 5.11 Å². The molecule has 0 bridgehead atoms. The van der Waals surface area contributed by atoms with Crippen molar-refractivity contribution in [3.05, 3.63) is 72.9 Å². The maximum Gasteiger partial charge on any atom is 0.306 e. The highest BCUT2D eigenvalue weighted by molar-refractivity contribution is 5.70. The van der Waals surface area contributed by atoms with Gasteiger partial charge in [0.1, 0.15) is 13.2 Å². The molecular formula is C90H165NO8. The van der Waals surface area contributed by atoms with E-state index in [9.17, 15) is 19.5 Å². The minimum Gasteiger partial charge on any atom is -0.545 e. The van der Waals surface area contributed by atoms with Crippen molar-refractivity contribution < 1.29 is 42.9 Å². The molecule has 0 radical (unpaired) electrons. The van der Waals surface area contributed by atoms with Gasteiger partial charge in [0, 0.05) is 12.8 Å². The number of nitrogens with zero attached hydrogens (tertiary/aromatic N) is 1. The molecule has 0 amide bonds. The fourth-order valence-corrected chi connectivity index (χ4v) is 12.9. The maximum atomic E-state index is 13.0. The Hall–Kier alpha value is -3.27. The summed E-state index contributed by atoms with van der Waals surface area (Å²) < 4.78 is 22.9. The number of carboxylic acids is 1. The quantitative estimate of drug-likeness (QED) is 0.0195. The standard InChI is InChI=1S/C90H165NO8/c1-6-8-10-12-14-16-18-20-22-24-26-28-30-32-34-36-38-40-42-43-44-45-47-48-50-52-54-56-58-60-62-64-66-68-70-72-74-76-78-80-87(92)97-84-86(85-98-90(89(94)95)96-83-82-91(3,4)5)99-88(93)81-79-77-75-73-71-69-67-65-63-61-59-57-55-53-51-49-46-41-39-37-35-33-31-29-27-25-23-21-19-17-15-13-11-9-7-2/h9,11,15,17-18,20-21,23-24,26-27,29,86,90H,6-8,10,12-14,16,19,22,25,28,30-85H2,1-5H3/b11-9-,17-15-,20-18-,23-21-,26-24-,29-27-. The van der Waals surface area contributed by atoms with Crippen molar-refractivity contribution in [2.75, 3.05) is 47.5 Å². The van der Waals surface area contributed by atoms with E-state index in [1.54, 1.807) is 0 Å². The number of aliphatic carboxylic acids is 1. The second-order valence-electron chi connectivity index (χ2n) is 30.4. The number of carbonyl (C=O) groups is 3. The van der Waals surface area contributed by atoms with Crippen LogP contribution in [0.3, 0.4) is 0 Å². The second kappa shape index (κ2) is 80.4. The number of quaternary nitrogens is 1. The van der Waals surface area contributed by atoms with Crippen LogP contribution in [-0.2, 0) is 33.3 Å². The van der Waals surface area contributed by atoms with Gasteiger partial charge >= 0.3 is 11.9 Å². The Balaban J connectivity index is 3.92. The summed E-state index contributed by atoms with van der Waals surface area (Å²) in [6, 6.07) is 0. The van der Waals surface area contributed by atoms with Crippen LogP contribution in [0.1, 0.15) is 425 Å². The Morgan fingerprint density at radius 2 is 0.576 bits per heavy atom. The topological polar surface area (TPSA) is 111 Å². The van der Waals surface area contributed by atoms with Crippen LogP contribution in [0.15, 0.2) is 72.9 Å². The van der Waals surface area contributed by atoms with E-state index < -0.39 is 24.3 Å². The fraction of sp³-hybridized carbons (Fsp3) is 0.833. The zero-order chi connectivity index (χ0) is 71.8. The summed E-state index contributed by atoms with van der Waals surface area (Å²) in [6.07, 6.45) is 106. The maximum absolute atomic E-state index is 13.0. The van der Waals surface area contributed by atoms with Crippen LogP contribution in [0.25, 0.3) is 0 Å². The summed E-state index contributed by atoms with van der Waals surface area (Å²) in [5.74, 6) is -2.25. The highest BCUT2D eigenvalue weighted by Crippen LogP contribution is 2.20. The number of esters is 2. The molecule has 2 atom stereocenters. The van der Waals surface area contributed by atoms with E-state index in [0.717, 1.165) is 70.6 Å². The molecule has 0 saturated carbocycles. The first-order chi connectivity index (χ1) is 48.6. The summed E-state index contributed by atoms with van der Waals surface area (Å²) in [4.78, 5) is 37.7. The van der Waals surface area contributed by atoms with Crippen LogP contribution >= 0.6 is 0 Å². The second-order valence-corrected chi connectivity index (χ2v) is 30.4. The van der Waals surface area contributed by atoms with E-state index in [-0.39, 0.29) is 32.2 Å². The van der Waals surface area contributed by atoms with Gasteiger partial charge in [0.05, 0.1) is 40.3 Å². The van der Waals surface area contributed by atoms with Crippen LogP contribution in [-0.4, -0.2) is 82.3 Å². The van der Waals surface area contributed by atoms with Crippen molar-refractivity contribution in [2.24, 2.45) is 0 Å². The van der Waals surface area contributed by atoms with Crippen molar-refractivity contribution in [3.8, 4) is 0 Å². The van der Waals surface area contributed by atoms with Gasteiger partial charge in [0.15, 0.2) is 12.4 Å². The van der Waals surface area contributed by atoms with E-state index in [2.05, 4.69) is 86.8 Å². The molecule has 0 spiro atoms. The molecule has 0 N–H and O–H groups in total. The van der Waals surface area contributed by atoms with E-state index in [0.29, 0.717) is 17.4 Å². The average Bonchev–Trinajstić information content (AvgIpc) is 1.16. The third-order valence-electron chi connectivity index (χ3n) is 19.4. The van der Waals surface area contributed by atoms with Crippen LogP contribution in [0, 0.1) is 0 Å². The summed E-state index contributed by atoms with van der Waals surface area (Å²) in [5.41, 5.74) is 0. The van der Waals surface area contributed by atoms with E-state index in [4.69, 9.17) is 18.9 Å². The van der Waals surface area contributed by atoms with Crippen LogP contribution in [0.2, 0.25) is 0 Å². The Morgan fingerprint density at radius 3 is 0.859 bits per heavy atom. The predicted molar refractivity (Wildman–Crippen MR) is 426 cm³/mol. The number of likely N-dealkylation sites (N-methyl/N-ethyl adjacent to an activating group) is 1. The van der Waals surface area contributed by atoms with Gasteiger partial charge < -0.3 is 33.3 Å². The molecule has 0 aliphatic rings. The molecular weight excluding hydrogens is 1220 g/mol. The molecule has 578 valence electrons. The lowest BCUT2D eigenvalue weighted by atomic mass is 10.0. The molecule has 9 nitrogen and oxygen atoms in total. The third-order valence-corrected chi connectivity index (χ3v) is 19.4. The first-order valence-electron chi connectivity index (χ1n) is 43.1. The van der Waals surface area contributed by atoms with Gasteiger partial charge in [-0.25, -0.2) is 0 Å². The molecule has 0 rings (SSSR count). The highest BCUT2D eigenvalue weighted by atomic mass is 16.7. The Labute approximate surface area is 615 Å². The molecule has 0 aliphatic heterocycles. The minimum absolute atomic E-state index is 0.150. The zero-order valence-electron chi connectivity index (χ0n) is 66.4. The molecule has 2 unspecified atom stereocenters. The number of carboxylic acid groups (broad SMARTS) is 1. The Kier molecular flexibility index (Phi) is 77.8. The first kappa shape index (κ1) is 95.7. The largest absolute Gasteiger partial charge is 0.545 e. The fourth-order valence-electron chi connectivity index (χ4n) is 12.9. The normalized spacial score (nSPS) is 12.9. The number of hydrogen-bond donors (Lipinski definition) is 0. The zero-order valence-corrected chi connectivity index (χ0v) is 66.4. The molecule has 0 saturated heterocycles. The number of hydrogen-bond acceptors (Lipinski definition) is 8. The molecule has 0 aliphatic carbocycles. The van der Waals surface area contributed by atoms with Gasteiger partial charge in [-0.15, -0.1) is 0 Å². The van der Waals surface area contributed by atoms with Gasteiger partial charge in [-0.2, -0.15) is 0 Å². The van der Waals surface area contributed by atoms with Gasteiger partial charge in [0.25, 0.3) is 0 Å². The number of allylic oxidation sites excluding steroid dienone is 12. The minimum atomic E-state index is -1.62. The van der Waals surface area contributed by atoms with Crippen molar-refractivity contribution in [3.63, 3.8) is 0 Å². The molecule has 9 heteroatoms. The SMILES string of the molecule is CC/C=C\C/C=C\C/C=C\C/C=C\CCCCCCCCCCCCCCCCCCCCCCCCC(=O)OC(COC(=O)CCCCCCCCCCCCCCCCCCCCCCCCCCCCC/C=C\C/C=C\CCCCCCC)COC(OCC[N+](C)(C)C)C(=O)[O-]. The van der Waals surface area contributed by atoms with Gasteiger partial charge in [-0.1, -0.05) is 401 Å². The van der Waals surface area contributed by atoms with Crippen LogP contribution in [0.4, 0.5) is 0 Å². The number of unbranched alkanes of at least 4 members (excludes halogenated alkanes) is 54. The van der Waals surface area contributed by atoms with Crippen molar-refractivity contribution in [1.82, 2.24) is 0 Å². The summed E-state index contributed by atoms with van der Waals surface area (Å²) >= 11 is 0. The lowest BCUT2D eigenvalue weighted by Crippen LogP contribution is -2.44. The smallest absolute Gasteiger partial charge is 0.306 e. The Morgan fingerprint density at radius 1 is 0.313 bits per heavy atom. The van der Waals surface area contributed by atoms with E-state index in [1.165, 1.54) is 327 Å². The van der Waals surface area contributed by atoms with Gasteiger partial charge in [-0.05, 0) is 83.5 Å². The third kappa shape index (κ3) is 81.9. The van der Waals surface area contributed by atoms with Crippen molar-refractivity contribution in [2.45, 2.75) is 437 Å². The van der Waals surface area contributed by atoms with Crippen LogP contribution in [0.5, 0.6) is 0 Å². The summed E-state index contributed by atoms with van der Waals surface area (Å²) in [6.45, 7) is 4.70. The molecule has 0 aromatic carbocycles.